The van der Waals surface area contributed by atoms with Gasteiger partial charge >= 0.3 is 0 Å². The Morgan fingerprint density at radius 1 is 1.36 bits per heavy atom. The average molecular weight is 211 g/mol. The highest BCUT2D eigenvalue weighted by molar-refractivity contribution is 8.00. The molecule has 0 saturated heterocycles. The van der Waals surface area contributed by atoms with E-state index >= 15 is 0 Å². The first-order valence-electron chi connectivity index (χ1n) is 4.72. The number of thioether (sulfide) groups is 1. The molecule has 0 heterocycles. The van der Waals surface area contributed by atoms with Gasteiger partial charge in [-0.25, -0.2) is 0 Å². The maximum Gasteiger partial charge on any atom is 0.0631 e. The quantitative estimate of drug-likeness (QED) is 0.596. The van der Waals surface area contributed by atoms with E-state index < -0.39 is 0 Å². The minimum atomic E-state index is -0.320. The first-order valence-corrected chi connectivity index (χ1v) is 5.60. The third kappa shape index (κ3) is 2.66. The lowest BCUT2D eigenvalue weighted by Crippen LogP contribution is -2.15. The zero-order chi connectivity index (χ0) is 10.7. The first-order chi connectivity index (χ1) is 6.52. The largest absolute Gasteiger partial charge is 0.398 e. The fourth-order valence-electron chi connectivity index (χ4n) is 1.12. The molecule has 0 aliphatic carbocycles. The lowest BCUT2D eigenvalue weighted by Gasteiger charge is -2.16. The van der Waals surface area contributed by atoms with Crippen molar-refractivity contribution >= 4 is 17.4 Å². The smallest absolute Gasteiger partial charge is 0.0631 e. The highest BCUT2D eigenvalue weighted by atomic mass is 32.2. The number of aliphatic hydroxyl groups excluding tert-OH is 1. The van der Waals surface area contributed by atoms with Crippen molar-refractivity contribution in [1.29, 1.82) is 0 Å². The number of benzene rings is 1. The number of aliphatic hydroxyl groups is 1. The summed E-state index contributed by atoms with van der Waals surface area (Å²) < 4.78 is 0. The molecular weight excluding hydrogens is 194 g/mol. The number of nitrogen functional groups attached to an aromatic ring is 1. The summed E-state index contributed by atoms with van der Waals surface area (Å²) in [6.07, 6.45) is -0.320. The zero-order valence-corrected chi connectivity index (χ0v) is 9.64. The molecule has 1 aromatic rings. The summed E-state index contributed by atoms with van der Waals surface area (Å²) in [5, 5.41) is 9.57. The zero-order valence-electron chi connectivity index (χ0n) is 8.82. The molecule has 1 aromatic carbocycles. The maximum absolute atomic E-state index is 9.40. The van der Waals surface area contributed by atoms with E-state index in [4.69, 9.17) is 5.73 Å². The number of rotatable bonds is 3. The molecule has 1 rings (SSSR count). The second-order valence-electron chi connectivity index (χ2n) is 3.56. The number of aryl methyl sites for hydroxylation is 1. The highest BCUT2D eigenvalue weighted by Crippen LogP contribution is 2.32. The van der Waals surface area contributed by atoms with Crippen LogP contribution < -0.4 is 5.73 Å². The van der Waals surface area contributed by atoms with Crippen LogP contribution in [0.4, 0.5) is 5.69 Å². The summed E-state index contributed by atoms with van der Waals surface area (Å²) >= 11 is 1.63. The summed E-state index contributed by atoms with van der Waals surface area (Å²) in [4.78, 5) is 1.08. The van der Waals surface area contributed by atoms with Crippen molar-refractivity contribution in [3.63, 3.8) is 0 Å². The number of hydrogen-bond acceptors (Lipinski definition) is 3. The Labute approximate surface area is 89.5 Å². The van der Waals surface area contributed by atoms with Gasteiger partial charge in [-0.05, 0) is 25.5 Å². The number of hydrogen-bond donors (Lipinski definition) is 2. The highest BCUT2D eigenvalue weighted by Gasteiger charge is 2.13. The van der Waals surface area contributed by atoms with Crippen LogP contribution in [0, 0.1) is 6.92 Å². The molecule has 78 valence electrons. The summed E-state index contributed by atoms with van der Waals surface area (Å²) in [6, 6.07) is 5.87. The van der Waals surface area contributed by atoms with Crippen molar-refractivity contribution in [3.8, 4) is 0 Å². The van der Waals surface area contributed by atoms with Gasteiger partial charge in [0.15, 0.2) is 0 Å². The van der Waals surface area contributed by atoms with E-state index in [1.54, 1.807) is 18.7 Å². The minimum absolute atomic E-state index is 0.165. The van der Waals surface area contributed by atoms with Crippen LogP contribution in [0.2, 0.25) is 0 Å². The Morgan fingerprint density at radius 2 is 2.00 bits per heavy atom. The summed E-state index contributed by atoms with van der Waals surface area (Å²) in [7, 11) is 0. The molecule has 2 unspecified atom stereocenters. The van der Waals surface area contributed by atoms with E-state index in [2.05, 4.69) is 0 Å². The van der Waals surface area contributed by atoms with Gasteiger partial charge in [-0.2, -0.15) is 0 Å². The SMILES string of the molecule is Cc1cccc(N)c1SC(C)C(C)O. The second-order valence-corrected chi connectivity index (χ2v) is 4.94. The minimum Gasteiger partial charge on any atom is -0.398 e. The Bertz CT molecular complexity index is 292. The predicted molar refractivity (Wildman–Crippen MR) is 62.6 cm³/mol. The van der Waals surface area contributed by atoms with Crippen molar-refractivity contribution in [2.24, 2.45) is 0 Å². The van der Waals surface area contributed by atoms with Gasteiger partial charge in [-0.1, -0.05) is 19.1 Å². The van der Waals surface area contributed by atoms with E-state index in [1.165, 1.54) is 5.56 Å². The molecule has 14 heavy (non-hydrogen) atoms. The van der Waals surface area contributed by atoms with E-state index in [0.29, 0.717) is 0 Å². The van der Waals surface area contributed by atoms with Crippen molar-refractivity contribution in [1.82, 2.24) is 0 Å². The first kappa shape index (κ1) is 11.4. The van der Waals surface area contributed by atoms with Crippen LogP contribution in [-0.2, 0) is 0 Å². The predicted octanol–water partition coefficient (Wildman–Crippen LogP) is 2.44. The van der Waals surface area contributed by atoms with Crippen molar-refractivity contribution in [2.45, 2.75) is 37.0 Å². The maximum atomic E-state index is 9.40. The van der Waals surface area contributed by atoms with Gasteiger partial charge in [0.25, 0.3) is 0 Å². The van der Waals surface area contributed by atoms with E-state index in [1.807, 2.05) is 32.0 Å². The van der Waals surface area contributed by atoms with E-state index in [-0.39, 0.29) is 11.4 Å². The molecule has 0 amide bonds. The summed E-state index contributed by atoms with van der Waals surface area (Å²) in [6.45, 7) is 5.83. The van der Waals surface area contributed by atoms with Gasteiger partial charge in [0.2, 0.25) is 0 Å². The molecule has 0 radical (unpaired) electrons. The van der Waals surface area contributed by atoms with Gasteiger partial charge in [0.1, 0.15) is 0 Å². The average Bonchev–Trinajstić information content (AvgIpc) is 2.11. The van der Waals surface area contributed by atoms with Gasteiger partial charge < -0.3 is 10.8 Å². The fraction of sp³-hybridized carbons (Fsp3) is 0.455. The Hall–Kier alpha value is -0.670. The molecule has 0 aliphatic heterocycles. The van der Waals surface area contributed by atoms with Crippen LogP contribution in [0.25, 0.3) is 0 Å². The topological polar surface area (TPSA) is 46.2 Å². The Kier molecular flexibility index (Phi) is 3.84. The van der Waals surface area contributed by atoms with E-state index in [9.17, 15) is 5.11 Å². The molecule has 0 saturated carbocycles. The van der Waals surface area contributed by atoms with Crippen LogP contribution in [0.1, 0.15) is 19.4 Å². The molecular formula is C11H17NOS. The molecule has 0 spiro atoms. The van der Waals surface area contributed by atoms with Gasteiger partial charge in [-0.3, -0.25) is 0 Å². The van der Waals surface area contributed by atoms with Crippen LogP contribution in [0.15, 0.2) is 23.1 Å². The molecule has 3 heteroatoms. The van der Waals surface area contributed by atoms with Gasteiger partial charge in [0, 0.05) is 15.8 Å². The van der Waals surface area contributed by atoms with Gasteiger partial charge in [-0.15, -0.1) is 11.8 Å². The summed E-state index contributed by atoms with van der Waals surface area (Å²) in [5.41, 5.74) is 7.83. The van der Waals surface area contributed by atoms with Crippen molar-refractivity contribution < 1.29 is 5.11 Å². The second kappa shape index (κ2) is 4.71. The molecule has 0 aliphatic rings. The van der Waals surface area contributed by atoms with E-state index in [0.717, 1.165) is 10.6 Å². The van der Waals surface area contributed by atoms with Crippen LogP contribution in [-0.4, -0.2) is 16.5 Å². The third-order valence-electron chi connectivity index (χ3n) is 2.23. The normalized spacial score (nSPS) is 15.1. The number of nitrogens with two attached hydrogens (primary N) is 1. The molecule has 0 bridgehead atoms. The number of anilines is 1. The van der Waals surface area contributed by atoms with Crippen LogP contribution >= 0.6 is 11.8 Å². The van der Waals surface area contributed by atoms with Gasteiger partial charge in [0.05, 0.1) is 6.10 Å². The van der Waals surface area contributed by atoms with Crippen LogP contribution in [0.5, 0.6) is 0 Å². The Balaban J connectivity index is 2.85. The lowest BCUT2D eigenvalue weighted by atomic mass is 10.2. The molecule has 2 atom stereocenters. The Morgan fingerprint density at radius 3 is 2.50 bits per heavy atom. The molecule has 0 aromatic heterocycles. The third-order valence-corrected chi connectivity index (χ3v) is 3.78. The van der Waals surface area contributed by atoms with Crippen molar-refractivity contribution in [2.75, 3.05) is 5.73 Å². The fourth-order valence-corrected chi connectivity index (χ4v) is 2.15. The lowest BCUT2D eigenvalue weighted by molar-refractivity contribution is 0.196. The molecule has 3 N–H and O–H groups in total. The van der Waals surface area contributed by atoms with Crippen molar-refractivity contribution in [3.05, 3.63) is 23.8 Å². The monoisotopic (exact) mass is 211 g/mol. The molecule has 2 nitrogen and oxygen atoms in total. The molecule has 0 fully saturated rings. The summed E-state index contributed by atoms with van der Waals surface area (Å²) in [5.74, 6) is 0. The standard InChI is InChI=1S/C11H17NOS/c1-7-5-4-6-10(12)11(7)14-9(3)8(2)13/h4-6,8-9,13H,12H2,1-3H3. The van der Waals surface area contributed by atoms with Crippen LogP contribution in [0.3, 0.4) is 0 Å².